The van der Waals surface area contributed by atoms with Gasteiger partial charge >= 0.3 is 5.97 Å². The molecule has 0 spiro atoms. The molecule has 1 aromatic carbocycles. The molecule has 188 valence electrons. The molecular weight excluding hydrogens is 468 g/mol. The number of ether oxygens (including phenoxy) is 3. The first-order valence-corrected chi connectivity index (χ1v) is 12.4. The summed E-state index contributed by atoms with van der Waals surface area (Å²) in [5.74, 6) is -0.178. The number of hydrogen-bond acceptors (Lipinski definition) is 8. The number of aryl methyl sites for hydroxylation is 1. The molecule has 9 heteroatoms. The predicted octanol–water partition coefficient (Wildman–Crippen LogP) is 5.80. The molecule has 3 rings (SSSR count). The van der Waals surface area contributed by atoms with Crippen molar-refractivity contribution in [3.05, 3.63) is 76.1 Å². The Kier molecular flexibility index (Phi) is 9.42. The number of rotatable bonds is 10. The zero-order valence-electron chi connectivity index (χ0n) is 20.5. The minimum atomic E-state index is -0.595. The van der Waals surface area contributed by atoms with Gasteiger partial charge in [0.2, 0.25) is 0 Å². The molecule has 1 fully saturated rings. The zero-order chi connectivity index (χ0) is 25.4. The van der Waals surface area contributed by atoms with Crippen LogP contribution in [0.1, 0.15) is 50.3 Å². The molecule has 0 aliphatic carbocycles. The maximum Gasteiger partial charge on any atom is 0.305 e. The topological polar surface area (TPSA) is 101 Å². The predicted molar refractivity (Wildman–Crippen MR) is 134 cm³/mol. The summed E-state index contributed by atoms with van der Waals surface area (Å²) in [5.41, 5.74) is 1.87. The molecule has 3 atom stereocenters. The Morgan fingerprint density at radius 1 is 1.34 bits per heavy atom. The second kappa shape index (κ2) is 12.3. The van der Waals surface area contributed by atoms with Crippen LogP contribution in [0.4, 0.5) is 5.69 Å². The van der Waals surface area contributed by atoms with E-state index in [2.05, 4.69) is 9.72 Å². The smallest absolute Gasteiger partial charge is 0.305 e. The molecule has 0 N–H and O–H groups in total. The van der Waals surface area contributed by atoms with E-state index in [9.17, 15) is 14.9 Å². The maximum atomic E-state index is 11.6. The van der Waals surface area contributed by atoms with Gasteiger partial charge in [0.05, 0.1) is 34.4 Å². The molecule has 0 saturated carbocycles. The zero-order valence-corrected chi connectivity index (χ0v) is 21.3. The molecule has 35 heavy (non-hydrogen) atoms. The van der Waals surface area contributed by atoms with Crippen LogP contribution in [0.25, 0.3) is 0 Å². The van der Waals surface area contributed by atoms with Crippen molar-refractivity contribution in [2.24, 2.45) is 5.92 Å². The molecule has 1 aliphatic rings. The van der Waals surface area contributed by atoms with Gasteiger partial charge in [-0.05, 0) is 56.9 Å². The van der Waals surface area contributed by atoms with Crippen LogP contribution in [0.5, 0.6) is 0 Å². The van der Waals surface area contributed by atoms with Crippen LogP contribution < -0.4 is 0 Å². The van der Waals surface area contributed by atoms with Crippen LogP contribution in [-0.2, 0) is 19.0 Å². The monoisotopic (exact) mass is 500 g/mol. The summed E-state index contributed by atoms with van der Waals surface area (Å²) < 4.78 is 16.8. The van der Waals surface area contributed by atoms with Crippen LogP contribution in [0.3, 0.4) is 0 Å². The highest BCUT2D eigenvalue weighted by atomic mass is 32.2. The van der Waals surface area contributed by atoms with Gasteiger partial charge in [-0.25, -0.2) is 0 Å². The summed E-state index contributed by atoms with van der Waals surface area (Å²) in [4.78, 5) is 27.4. The summed E-state index contributed by atoms with van der Waals surface area (Å²) >= 11 is 1.38. The number of thioether (sulfide) groups is 1. The Balaban J connectivity index is 1.74. The lowest BCUT2D eigenvalue weighted by atomic mass is 9.92. The van der Waals surface area contributed by atoms with Gasteiger partial charge in [0.25, 0.3) is 5.69 Å². The van der Waals surface area contributed by atoms with E-state index in [0.29, 0.717) is 30.8 Å². The summed E-state index contributed by atoms with van der Waals surface area (Å²) in [6.07, 6.45) is 8.36. The normalized spacial score (nSPS) is 20.6. The van der Waals surface area contributed by atoms with E-state index in [1.54, 1.807) is 24.5 Å². The number of pyridine rings is 1. The number of carbonyl (C=O) groups is 1. The number of methoxy groups -OCH3 is 1. The fraction of sp³-hybridized carbons (Fsp3) is 0.462. The van der Waals surface area contributed by atoms with Gasteiger partial charge in [0, 0.05) is 30.8 Å². The SMILES string of the molecule is COC(=O)CC/C=C\C[C@@H]1CO[C@H](C(C)(C)Sc2ccc(C)cc2[N+](=O)[O-])O[C@@H]1c1cccnc1. The second-order valence-corrected chi connectivity index (χ2v) is 10.7. The summed E-state index contributed by atoms with van der Waals surface area (Å²) in [7, 11) is 1.38. The van der Waals surface area contributed by atoms with E-state index in [4.69, 9.17) is 9.47 Å². The summed E-state index contributed by atoms with van der Waals surface area (Å²) in [6.45, 7) is 6.24. The van der Waals surface area contributed by atoms with Gasteiger partial charge in [-0.1, -0.05) is 24.3 Å². The van der Waals surface area contributed by atoms with Crippen LogP contribution in [0, 0.1) is 23.0 Å². The first-order valence-electron chi connectivity index (χ1n) is 11.5. The van der Waals surface area contributed by atoms with Crippen molar-refractivity contribution in [2.75, 3.05) is 13.7 Å². The van der Waals surface area contributed by atoms with Gasteiger partial charge in [0.15, 0.2) is 6.29 Å². The number of aromatic nitrogens is 1. The highest BCUT2D eigenvalue weighted by molar-refractivity contribution is 8.00. The third-order valence-electron chi connectivity index (χ3n) is 5.77. The number of esters is 1. The molecule has 2 heterocycles. The van der Waals surface area contributed by atoms with Crippen LogP contribution in [-0.4, -0.2) is 40.6 Å². The quantitative estimate of drug-likeness (QED) is 0.133. The van der Waals surface area contributed by atoms with E-state index in [0.717, 1.165) is 11.1 Å². The number of hydrogen-bond donors (Lipinski definition) is 0. The number of benzene rings is 1. The van der Waals surface area contributed by atoms with Crippen molar-refractivity contribution in [1.29, 1.82) is 0 Å². The van der Waals surface area contributed by atoms with Gasteiger partial charge in [0.1, 0.15) is 0 Å². The Morgan fingerprint density at radius 3 is 2.83 bits per heavy atom. The molecule has 0 radical (unpaired) electrons. The van der Waals surface area contributed by atoms with Crippen molar-refractivity contribution in [2.45, 2.75) is 62.1 Å². The van der Waals surface area contributed by atoms with Gasteiger partial charge < -0.3 is 14.2 Å². The summed E-state index contributed by atoms with van der Waals surface area (Å²) in [6, 6.07) is 9.10. The third-order valence-corrected chi connectivity index (χ3v) is 7.06. The third kappa shape index (κ3) is 7.37. The van der Waals surface area contributed by atoms with Crippen molar-refractivity contribution >= 4 is 23.4 Å². The number of nitrogens with zero attached hydrogens (tertiary/aromatic N) is 2. The average molecular weight is 501 g/mol. The fourth-order valence-electron chi connectivity index (χ4n) is 3.91. The Morgan fingerprint density at radius 2 is 2.14 bits per heavy atom. The number of nitro benzene ring substituents is 1. The fourth-order valence-corrected chi connectivity index (χ4v) is 5.07. The standard InChI is InChI=1S/C26H32N2O6S/c1-18-12-13-22(21(15-18)28(30)31)35-26(2,3)25-33-17-20(9-6-5-7-11-23(29)32-4)24(34-25)19-10-8-14-27-16-19/h5-6,8,10,12-16,20,24-25H,7,9,11,17H2,1-4H3/b6-5-/t20-,24-,25+/m1/s1. The maximum absolute atomic E-state index is 11.6. The van der Waals surface area contributed by atoms with Gasteiger partial charge in [-0.3, -0.25) is 19.9 Å². The van der Waals surface area contributed by atoms with Crippen molar-refractivity contribution in [3.8, 4) is 0 Å². The highest BCUT2D eigenvalue weighted by Crippen LogP contribution is 2.45. The highest BCUT2D eigenvalue weighted by Gasteiger charge is 2.42. The van der Waals surface area contributed by atoms with Crippen LogP contribution >= 0.6 is 11.8 Å². The van der Waals surface area contributed by atoms with E-state index < -0.39 is 11.0 Å². The summed E-state index contributed by atoms with van der Waals surface area (Å²) in [5, 5.41) is 11.6. The van der Waals surface area contributed by atoms with E-state index in [-0.39, 0.29) is 28.6 Å². The minimum Gasteiger partial charge on any atom is -0.469 e. The molecule has 8 nitrogen and oxygen atoms in total. The first kappa shape index (κ1) is 26.8. The van der Waals surface area contributed by atoms with Gasteiger partial charge in [-0.15, -0.1) is 11.8 Å². The molecule has 0 bridgehead atoms. The molecule has 2 aromatic rings. The van der Waals surface area contributed by atoms with Crippen molar-refractivity contribution < 1.29 is 23.9 Å². The molecular formula is C26H32N2O6S. The molecule has 1 aromatic heterocycles. The Bertz CT molecular complexity index is 1040. The minimum absolute atomic E-state index is 0.0549. The van der Waals surface area contributed by atoms with Crippen LogP contribution in [0.15, 0.2) is 59.8 Å². The molecule has 0 unspecified atom stereocenters. The number of nitro groups is 1. The van der Waals surface area contributed by atoms with Crippen molar-refractivity contribution in [1.82, 2.24) is 4.98 Å². The molecule has 1 aliphatic heterocycles. The van der Waals surface area contributed by atoms with Gasteiger partial charge in [-0.2, -0.15) is 0 Å². The number of carbonyl (C=O) groups excluding carboxylic acids is 1. The lowest BCUT2D eigenvalue weighted by Gasteiger charge is -2.42. The van der Waals surface area contributed by atoms with E-state index in [1.165, 1.54) is 18.9 Å². The first-order chi connectivity index (χ1) is 16.7. The van der Waals surface area contributed by atoms with E-state index in [1.807, 2.05) is 51.1 Å². The number of allylic oxidation sites excluding steroid dienone is 2. The van der Waals surface area contributed by atoms with E-state index >= 15 is 0 Å². The molecule has 1 saturated heterocycles. The van der Waals surface area contributed by atoms with Crippen molar-refractivity contribution in [3.63, 3.8) is 0 Å². The van der Waals surface area contributed by atoms with Crippen LogP contribution in [0.2, 0.25) is 0 Å². The Labute approximate surface area is 210 Å². The lowest BCUT2D eigenvalue weighted by molar-refractivity contribution is -0.387. The second-order valence-electron chi connectivity index (χ2n) is 9.02. The molecule has 0 amide bonds. The largest absolute Gasteiger partial charge is 0.469 e. The lowest BCUT2D eigenvalue weighted by Crippen LogP contribution is -2.45. The average Bonchev–Trinajstić information content (AvgIpc) is 2.85. The Hall–Kier alpha value is -2.75.